The Morgan fingerprint density at radius 3 is 2.08 bits per heavy atom. The molecule has 0 aliphatic carbocycles. The number of carbonyl (C=O) groups is 1. The van der Waals surface area contributed by atoms with E-state index >= 15 is 0 Å². The second-order valence-electron chi connectivity index (χ2n) is 1.82. The summed E-state index contributed by atoms with van der Waals surface area (Å²) in [5, 5.41) is 17.3. The van der Waals surface area contributed by atoms with Crippen LogP contribution in [0.2, 0.25) is 0 Å². The summed E-state index contributed by atoms with van der Waals surface area (Å²) in [5.74, 6) is -1.31. The molecule has 0 bridgehead atoms. The zero-order valence-electron chi connectivity index (χ0n) is 5.45. The monoisotopic (exact) mass is 221 g/mol. The SMILES string of the molecule is O=C(O)c1ccccc1O.[Co].[NaH]. The van der Waals surface area contributed by atoms with Gasteiger partial charge >= 0.3 is 35.5 Å². The first-order valence-corrected chi connectivity index (χ1v) is 2.73. The molecule has 0 amide bonds. The summed E-state index contributed by atoms with van der Waals surface area (Å²) in [6.07, 6.45) is 0. The van der Waals surface area contributed by atoms with E-state index in [-0.39, 0.29) is 57.6 Å². The average Bonchev–Trinajstić information content (AvgIpc) is 1.88. The molecular weight excluding hydrogens is 214 g/mol. The van der Waals surface area contributed by atoms with Crippen molar-refractivity contribution >= 4 is 35.5 Å². The van der Waals surface area contributed by atoms with Crippen LogP contribution in [0.3, 0.4) is 0 Å². The molecule has 2 N–H and O–H groups in total. The van der Waals surface area contributed by atoms with E-state index in [1.54, 1.807) is 12.1 Å². The Morgan fingerprint density at radius 2 is 1.75 bits per heavy atom. The summed E-state index contributed by atoms with van der Waals surface area (Å²) in [6, 6.07) is 5.81. The molecule has 0 unspecified atom stereocenters. The molecule has 0 saturated carbocycles. The molecule has 0 aromatic heterocycles. The first kappa shape index (κ1) is 14.5. The third kappa shape index (κ3) is 3.60. The molecule has 3 nitrogen and oxygen atoms in total. The van der Waals surface area contributed by atoms with Crippen LogP contribution in [0, 0.1) is 0 Å². The zero-order valence-corrected chi connectivity index (χ0v) is 6.49. The molecule has 0 saturated heterocycles. The Morgan fingerprint density at radius 1 is 1.25 bits per heavy atom. The summed E-state index contributed by atoms with van der Waals surface area (Å²) in [7, 11) is 0. The van der Waals surface area contributed by atoms with Gasteiger partial charge in [0, 0.05) is 16.8 Å². The predicted molar refractivity (Wildman–Crippen MR) is 42.2 cm³/mol. The molecule has 1 aromatic rings. The fourth-order valence-electron chi connectivity index (χ4n) is 0.654. The Balaban J connectivity index is 0. The fraction of sp³-hybridized carbons (Fsp3) is 0. The minimum absolute atomic E-state index is 0. The van der Waals surface area contributed by atoms with Gasteiger partial charge in [0.05, 0.1) is 0 Å². The molecular formula is C7H7CoNaO3. The van der Waals surface area contributed by atoms with E-state index in [9.17, 15) is 4.79 Å². The Bertz CT molecular complexity index is 265. The van der Waals surface area contributed by atoms with Crippen LogP contribution in [0.25, 0.3) is 0 Å². The van der Waals surface area contributed by atoms with Gasteiger partial charge in [-0.2, -0.15) is 0 Å². The Hall–Kier alpha value is -0.00351. The van der Waals surface area contributed by atoms with Crippen molar-refractivity contribution in [1.82, 2.24) is 0 Å². The van der Waals surface area contributed by atoms with E-state index in [1.165, 1.54) is 12.1 Å². The number of hydrogen-bond donors (Lipinski definition) is 2. The van der Waals surface area contributed by atoms with Crippen molar-refractivity contribution in [3.05, 3.63) is 29.8 Å². The molecule has 0 atom stereocenters. The maximum absolute atomic E-state index is 10.3. The summed E-state index contributed by atoms with van der Waals surface area (Å²) < 4.78 is 0. The third-order valence-corrected chi connectivity index (χ3v) is 1.13. The van der Waals surface area contributed by atoms with Gasteiger partial charge in [-0.25, -0.2) is 4.79 Å². The second kappa shape index (κ2) is 6.51. The van der Waals surface area contributed by atoms with Gasteiger partial charge in [-0.1, -0.05) is 12.1 Å². The van der Waals surface area contributed by atoms with Gasteiger partial charge in [0.15, 0.2) is 0 Å². The van der Waals surface area contributed by atoms with Crippen LogP contribution in [0.4, 0.5) is 0 Å². The molecule has 1 radical (unpaired) electrons. The van der Waals surface area contributed by atoms with Gasteiger partial charge in [-0.3, -0.25) is 0 Å². The standard InChI is InChI=1S/C7H6O3.Co.Na.H/c8-6-4-2-1-3-5(6)7(9)10;;;/h1-4,8H,(H,9,10);;;. The molecule has 0 aliphatic rings. The molecule has 0 fully saturated rings. The van der Waals surface area contributed by atoms with E-state index < -0.39 is 5.97 Å². The summed E-state index contributed by atoms with van der Waals surface area (Å²) in [4.78, 5) is 10.3. The van der Waals surface area contributed by atoms with Crippen molar-refractivity contribution in [1.29, 1.82) is 0 Å². The van der Waals surface area contributed by atoms with Crippen LogP contribution in [0.15, 0.2) is 24.3 Å². The van der Waals surface area contributed by atoms with Crippen molar-refractivity contribution < 1.29 is 31.8 Å². The number of rotatable bonds is 1. The number of aromatic carboxylic acids is 1. The topological polar surface area (TPSA) is 57.5 Å². The van der Waals surface area contributed by atoms with Crippen LogP contribution in [-0.2, 0) is 16.8 Å². The fourth-order valence-corrected chi connectivity index (χ4v) is 0.654. The van der Waals surface area contributed by atoms with Crippen molar-refractivity contribution in [2.24, 2.45) is 0 Å². The molecule has 1 aromatic carbocycles. The number of aromatic hydroxyl groups is 1. The molecule has 0 spiro atoms. The van der Waals surface area contributed by atoms with Crippen molar-refractivity contribution in [2.45, 2.75) is 0 Å². The quantitative estimate of drug-likeness (QED) is 0.676. The van der Waals surface area contributed by atoms with Crippen LogP contribution in [0.1, 0.15) is 10.4 Å². The average molecular weight is 221 g/mol. The molecule has 0 aliphatic heterocycles. The molecule has 5 heteroatoms. The van der Waals surface area contributed by atoms with Crippen LogP contribution < -0.4 is 0 Å². The number of phenols is 1. The molecule has 1 rings (SSSR count). The van der Waals surface area contributed by atoms with Crippen LogP contribution in [0.5, 0.6) is 5.75 Å². The normalized spacial score (nSPS) is 7.67. The number of para-hydroxylation sites is 1. The first-order chi connectivity index (χ1) is 4.72. The van der Waals surface area contributed by atoms with Crippen molar-refractivity contribution in [2.75, 3.05) is 0 Å². The van der Waals surface area contributed by atoms with Gasteiger partial charge in [0.25, 0.3) is 0 Å². The van der Waals surface area contributed by atoms with Crippen LogP contribution >= 0.6 is 0 Å². The molecule has 0 heterocycles. The Labute approximate surface area is 102 Å². The van der Waals surface area contributed by atoms with Gasteiger partial charge in [0.1, 0.15) is 11.3 Å². The van der Waals surface area contributed by atoms with Gasteiger partial charge in [-0.15, -0.1) is 0 Å². The summed E-state index contributed by atoms with van der Waals surface area (Å²) in [6.45, 7) is 0. The van der Waals surface area contributed by atoms with Gasteiger partial charge < -0.3 is 10.2 Å². The van der Waals surface area contributed by atoms with Gasteiger partial charge in [-0.05, 0) is 12.1 Å². The van der Waals surface area contributed by atoms with E-state index in [0.29, 0.717) is 0 Å². The first-order valence-electron chi connectivity index (χ1n) is 2.73. The third-order valence-electron chi connectivity index (χ3n) is 1.13. The van der Waals surface area contributed by atoms with Gasteiger partial charge in [0.2, 0.25) is 0 Å². The number of hydrogen-bond acceptors (Lipinski definition) is 2. The molecule has 12 heavy (non-hydrogen) atoms. The van der Waals surface area contributed by atoms with E-state index in [1.807, 2.05) is 0 Å². The van der Waals surface area contributed by atoms with E-state index in [2.05, 4.69) is 0 Å². The number of benzene rings is 1. The number of carboxylic acids is 1. The predicted octanol–water partition coefficient (Wildman–Crippen LogP) is 0.439. The van der Waals surface area contributed by atoms with E-state index in [4.69, 9.17) is 10.2 Å². The Kier molecular flexibility index (Phi) is 7.87. The minimum atomic E-state index is -1.11. The zero-order chi connectivity index (χ0) is 7.56. The summed E-state index contributed by atoms with van der Waals surface area (Å²) in [5.41, 5.74) is -0.0671. The van der Waals surface area contributed by atoms with Crippen molar-refractivity contribution in [3.63, 3.8) is 0 Å². The van der Waals surface area contributed by atoms with E-state index in [0.717, 1.165) is 0 Å². The second-order valence-corrected chi connectivity index (χ2v) is 1.82. The molecule has 63 valence electrons. The van der Waals surface area contributed by atoms with Crippen molar-refractivity contribution in [3.8, 4) is 5.75 Å². The van der Waals surface area contributed by atoms with Crippen LogP contribution in [-0.4, -0.2) is 45.7 Å². The number of carboxylic acid groups (broad SMARTS) is 1. The summed E-state index contributed by atoms with van der Waals surface area (Å²) >= 11 is 0. The maximum atomic E-state index is 10.3.